The van der Waals surface area contributed by atoms with E-state index >= 15 is 0 Å². The van der Waals surface area contributed by atoms with Gasteiger partial charge in [-0.3, -0.25) is 9.89 Å². The van der Waals surface area contributed by atoms with Crippen molar-refractivity contribution >= 4 is 29.3 Å². The molecule has 2 N–H and O–H groups in total. The first kappa shape index (κ1) is 20.5. The van der Waals surface area contributed by atoms with Crippen molar-refractivity contribution in [3.63, 3.8) is 0 Å². The molecule has 0 bridgehead atoms. The molecule has 1 saturated carbocycles. The Kier molecular flexibility index (Phi) is 6.47. The first-order chi connectivity index (χ1) is 13.5. The van der Waals surface area contributed by atoms with Gasteiger partial charge in [0.25, 0.3) is 0 Å². The summed E-state index contributed by atoms with van der Waals surface area (Å²) in [5, 5.41) is 20.1. The molecule has 1 aromatic carbocycles. The fourth-order valence-corrected chi connectivity index (χ4v) is 4.15. The highest BCUT2D eigenvalue weighted by atomic mass is 35.5. The zero-order chi connectivity index (χ0) is 20.1. The van der Waals surface area contributed by atoms with Crippen molar-refractivity contribution in [3.05, 3.63) is 23.2 Å². The zero-order valence-corrected chi connectivity index (χ0v) is 17.4. The Balaban J connectivity index is 1.69. The fraction of sp³-hybridized carbons (Fsp3) is 0.474. The van der Waals surface area contributed by atoms with Crippen LogP contribution in [0.4, 0.5) is 0 Å². The summed E-state index contributed by atoms with van der Waals surface area (Å²) in [7, 11) is 1.57. The van der Waals surface area contributed by atoms with Gasteiger partial charge in [0.2, 0.25) is 11.1 Å². The number of nitriles is 1. The van der Waals surface area contributed by atoms with Crippen LogP contribution in [0.3, 0.4) is 0 Å². The van der Waals surface area contributed by atoms with Crippen LogP contribution >= 0.6 is 23.4 Å². The van der Waals surface area contributed by atoms with Crippen molar-refractivity contribution in [3.8, 4) is 23.2 Å². The van der Waals surface area contributed by atoms with Crippen molar-refractivity contribution in [2.45, 2.75) is 55.0 Å². The van der Waals surface area contributed by atoms with Crippen LogP contribution < -0.4 is 10.1 Å². The molecule has 0 radical (unpaired) electrons. The van der Waals surface area contributed by atoms with E-state index in [1.165, 1.54) is 11.8 Å². The molecule has 1 atom stereocenters. The largest absolute Gasteiger partial charge is 0.496 e. The average molecular weight is 420 g/mol. The van der Waals surface area contributed by atoms with Gasteiger partial charge in [-0.05, 0) is 38.0 Å². The highest BCUT2D eigenvalue weighted by Gasteiger charge is 2.35. The summed E-state index contributed by atoms with van der Waals surface area (Å²) in [6.45, 7) is 1.78. The average Bonchev–Trinajstić information content (AvgIpc) is 3.17. The molecule has 1 heterocycles. The second-order valence-corrected chi connectivity index (χ2v) is 8.56. The third-order valence-corrected chi connectivity index (χ3v) is 6.01. The van der Waals surface area contributed by atoms with Crippen molar-refractivity contribution in [2.24, 2.45) is 0 Å². The van der Waals surface area contributed by atoms with E-state index in [0.717, 1.165) is 19.3 Å². The van der Waals surface area contributed by atoms with Gasteiger partial charge in [-0.1, -0.05) is 42.6 Å². The lowest BCUT2D eigenvalue weighted by atomic mass is 9.83. The molecule has 9 heteroatoms. The molecule has 7 nitrogen and oxygen atoms in total. The Morgan fingerprint density at radius 1 is 1.43 bits per heavy atom. The SMILES string of the molecule is COc1ccc(Cl)cc1-c1nc(S[C@@H](C)C(=O)NC2(C#N)CCCCC2)n[nH]1. The van der Waals surface area contributed by atoms with E-state index in [0.29, 0.717) is 40.2 Å². The lowest BCUT2D eigenvalue weighted by molar-refractivity contribution is -0.121. The van der Waals surface area contributed by atoms with E-state index in [1.807, 2.05) is 0 Å². The van der Waals surface area contributed by atoms with Gasteiger partial charge in [-0.2, -0.15) is 5.26 Å². The standard InChI is InChI=1S/C19H22ClN5O2S/c1-12(17(26)23-19(11-21)8-4-3-5-9-19)28-18-22-16(24-25-18)14-10-13(20)6-7-15(14)27-2/h6-7,10,12H,3-5,8-9H2,1-2H3,(H,23,26)(H,22,24,25)/t12-/m0/s1. The van der Waals surface area contributed by atoms with Gasteiger partial charge in [0.05, 0.1) is 24.0 Å². The van der Waals surface area contributed by atoms with Gasteiger partial charge < -0.3 is 10.1 Å². The van der Waals surface area contributed by atoms with Gasteiger partial charge >= 0.3 is 0 Å². The Hall–Kier alpha value is -2.24. The number of benzene rings is 1. The van der Waals surface area contributed by atoms with Crippen LogP contribution in [-0.4, -0.2) is 39.0 Å². The van der Waals surface area contributed by atoms with Gasteiger partial charge in [-0.15, -0.1) is 5.10 Å². The number of ether oxygens (including phenoxy) is 1. The number of halogens is 1. The monoisotopic (exact) mass is 419 g/mol. The van der Waals surface area contributed by atoms with E-state index in [9.17, 15) is 10.1 Å². The van der Waals surface area contributed by atoms with Crippen LogP contribution in [0.1, 0.15) is 39.0 Å². The van der Waals surface area contributed by atoms with Crippen LogP contribution in [0.25, 0.3) is 11.4 Å². The first-order valence-corrected chi connectivity index (χ1v) is 10.4. The Bertz CT molecular complexity index is 889. The van der Waals surface area contributed by atoms with E-state index in [4.69, 9.17) is 16.3 Å². The number of rotatable bonds is 6. The van der Waals surface area contributed by atoms with Gasteiger partial charge in [0, 0.05) is 5.02 Å². The molecule has 1 fully saturated rings. The summed E-state index contributed by atoms with van der Waals surface area (Å²) in [6.07, 6.45) is 4.43. The molecule has 1 aliphatic rings. The minimum absolute atomic E-state index is 0.180. The molecule has 0 aliphatic heterocycles. The normalized spacial score (nSPS) is 16.8. The summed E-state index contributed by atoms with van der Waals surface area (Å²) < 4.78 is 5.34. The number of hydrogen-bond donors (Lipinski definition) is 2. The maximum absolute atomic E-state index is 12.6. The van der Waals surface area contributed by atoms with Gasteiger partial charge in [0.15, 0.2) is 5.82 Å². The second-order valence-electron chi connectivity index (χ2n) is 6.82. The summed E-state index contributed by atoms with van der Waals surface area (Å²) in [4.78, 5) is 17.1. The van der Waals surface area contributed by atoms with Crippen LogP contribution in [0.2, 0.25) is 5.02 Å². The number of aromatic amines is 1. The summed E-state index contributed by atoms with van der Waals surface area (Å²) >= 11 is 7.31. The number of amides is 1. The highest BCUT2D eigenvalue weighted by molar-refractivity contribution is 8.00. The lowest BCUT2D eigenvalue weighted by Crippen LogP contribution is -2.50. The smallest absolute Gasteiger partial charge is 0.234 e. The molecule has 1 amide bonds. The minimum atomic E-state index is -0.748. The Morgan fingerprint density at radius 2 is 2.18 bits per heavy atom. The third-order valence-electron chi connectivity index (χ3n) is 4.82. The van der Waals surface area contributed by atoms with Gasteiger partial charge in [-0.25, -0.2) is 4.98 Å². The topological polar surface area (TPSA) is 104 Å². The molecule has 28 heavy (non-hydrogen) atoms. The Labute approximate surface area is 173 Å². The highest BCUT2D eigenvalue weighted by Crippen LogP contribution is 2.32. The number of hydrogen-bond acceptors (Lipinski definition) is 6. The van der Waals surface area contributed by atoms with Crippen LogP contribution in [0.5, 0.6) is 5.75 Å². The first-order valence-electron chi connectivity index (χ1n) is 9.12. The quantitative estimate of drug-likeness (QED) is 0.687. The molecule has 1 aromatic heterocycles. The van der Waals surface area contributed by atoms with Crippen LogP contribution in [-0.2, 0) is 4.79 Å². The van der Waals surface area contributed by atoms with Crippen molar-refractivity contribution in [1.82, 2.24) is 20.5 Å². The maximum Gasteiger partial charge on any atom is 0.234 e. The molecule has 0 saturated heterocycles. The minimum Gasteiger partial charge on any atom is -0.496 e. The van der Waals surface area contributed by atoms with Crippen molar-refractivity contribution in [1.29, 1.82) is 5.26 Å². The molecular weight excluding hydrogens is 398 g/mol. The van der Waals surface area contributed by atoms with Crippen molar-refractivity contribution in [2.75, 3.05) is 7.11 Å². The van der Waals surface area contributed by atoms with E-state index < -0.39 is 10.8 Å². The molecule has 1 aliphatic carbocycles. The van der Waals surface area contributed by atoms with Crippen LogP contribution in [0.15, 0.2) is 23.4 Å². The Morgan fingerprint density at radius 3 is 2.86 bits per heavy atom. The van der Waals surface area contributed by atoms with Crippen molar-refractivity contribution < 1.29 is 9.53 Å². The third kappa shape index (κ3) is 4.59. The van der Waals surface area contributed by atoms with E-state index in [2.05, 4.69) is 26.6 Å². The number of thioether (sulfide) groups is 1. The second kappa shape index (κ2) is 8.84. The zero-order valence-electron chi connectivity index (χ0n) is 15.8. The number of nitrogens with one attached hydrogen (secondary N) is 2. The maximum atomic E-state index is 12.6. The number of aromatic nitrogens is 3. The predicted octanol–water partition coefficient (Wildman–Crippen LogP) is 3.96. The van der Waals surface area contributed by atoms with E-state index in [-0.39, 0.29) is 5.91 Å². The molecule has 0 spiro atoms. The molecule has 3 rings (SSSR count). The number of carbonyl (C=O) groups excluding carboxylic acids is 1. The number of nitrogens with zero attached hydrogens (tertiary/aromatic N) is 3. The lowest BCUT2D eigenvalue weighted by Gasteiger charge is -2.32. The van der Waals surface area contributed by atoms with Gasteiger partial charge in [0.1, 0.15) is 11.3 Å². The molecule has 2 aromatic rings. The van der Waals surface area contributed by atoms with Crippen LogP contribution in [0, 0.1) is 11.3 Å². The summed E-state index contributed by atoms with van der Waals surface area (Å²) in [5.74, 6) is 0.950. The summed E-state index contributed by atoms with van der Waals surface area (Å²) in [5.41, 5.74) is -0.0558. The summed E-state index contributed by atoms with van der Waals surface area (Å²) in [6, 6.07) is 7.54. The number of methoxy groups -OCH3 is 1. The number of carbonyl (C=O) groups is 1. The van der Waals surface area contributed by atoms with E-state index in [1.54, 1.807) is 32.2 Å². The number of H-pyrrole nitrogens is 1. The molecule has 0 unspecified atom stereocenters. The molecular formula is C19H22ClN5O2S. The fourth-order valence-electron chi connectivity index (χ4n) is 3.25. The predicted molar refractivity (Wildman–Crippen MR) is 108 cm³/mol. The molecule has 148 valence electrons.